The van der Waals surface area contributed by atoms with Gasteiger partial charge in [0.05, 0.1) is 18.9 Å². The fourth-order valence-electron chi connectivity index (χ4n) is 2.11. The van der Waals surface area contributed by atoms with Crippen molar-refractivity contribution in [1.29, 1.82) is 0 Å². The maximum Gasteiger partial charge on any atom is 0.161 e. The molecule has 0 fully saturated rings. The van der Waals surface area contributed by atoms with Gasteiger partial charge >= 0.3 is 0 Å². The van der Waals surface area contributed by atoms with E-state index in [1.165, 1.54) is 0 Å². The van der Waals surface area contributed by atoms with Crippen molar-refractivity contribution in [1.82, 2.24) is 9.97 Å². The van der Waals surface area contributed by atoms with Crippen LogP contribution in [0.15, 0.2) is 24.3 Å². The van der Waals surface area contributed by atoms with Crippen LogP contribution in [0.25, 0.3) is 11.4 Å². The van der Waals surface area contributed by atoms with Gasteiger partial charge in [0.15, 0.2) is 5.82 Å². The fraction of sp³-hybridized carbons (Fsp3) is 0.231. The number of benzene rings is 1. The number of nitrogens with one attached hydrogen (secondary N) is 1. The number of nitrogens with two attached hydrogens (primary N) is 1. The van der Waals surface area contributed by atoms with Crippen molar-refractivity contribution < 1.29 is 4.74 Å². The highest BCUT2D eigenvalue weighted by Gasteiger charge is 2.18. The minimum Gasteiger partial charge on any atom is -0.376 e. The van der Waals surface area contributed by atoms with Crippen molar-refractivity contribution in [2.45, 2.75) is 13.0 Å². The molecule has 0 unspecified atom stereocenters. The molecule has 3 N–H and O–H groups in total. The van der Waals surface area contributed by atoms with Gasteiger partial charge in [-0.25, -0.2) is 15.8 Å². The van der Waals surface area contributed by atoms with Gasteiger partial charge in [0.25, 0.3) is 0 Å². The number of ether oxygens (including phenoxy) is 1. The van der Waals surface area contributed by atoms with Crippen molar-refractivity contribution in [3.05, 3.63) is 40.5 Å². The fourth-order valence-corrected chi connectivity index (χ4v) is 2.30. The van der Waals surface area contributed by atoms with Gasteiger partial charge in [-0.2, -0.15) is 0 Å². The largest absolute Gasteiger partial charge is 0.376 e. The van der Waals surface area contributed by atoms with E-state index in [4.69, 9.17) is 22.2 Å². The summed E-state index contributed by atoms with van der Waals surface area (Å²) in [6.07, 6.45) is 0.764. The molecule has 0 spiro atoms. The highest BCUT2D eigenvalue weighted by atomic mass is 35.5. The number of aromatic nitrogens is 2. The van der Waals surface area contributed by atoms with Gasteiger partial charge in [-0.05, 0) is 12.1 Å². The van der Waals surface area contributed by atoms with E-state index in [0.717, 1.165) is 23.2 Å². The summed E-state index contributed by atoms with van der Waals surface area (Å²) >= 11 is 6.00. The first kappa shape index (κ1) is 12.3. The zero-order chi connectivity index (χ0) is 13.2. The highest BCUT2D eigenvalue weighted by molar-refractivity contribution is 6.30. The third-order valence-corrected chi connectivity index (χ3v) is 3.28. The standard InChI is InChI=1S/C13H13ClN4O/c14-9-3-1-2-8(6-9)12-16-11-4-5-19-7-10(11)13(17-12)18-15/h1-3,6H,4-5,7,15H2,(H,16,17,18). The Bertz CT molecular complexity index is 600. The minimum absolute atomic E-state index is 0.491. The Balaban J connectivity index is 2.12. The Morgan fingerprint density at radius 2 is 2.21 bits per heavy atom. The average molecular weight is 277 g/mol. The van der Waals surface area contributed by atoms with Gasteiger partial charge in [0.1, 0.15) is 5.82 Å². The number of nitrogens with zero attached hydrogens (tertiary/aromatic N) is 2. The van der Waals surface area contributed by atoms with Gasteiger partial charge in [-0.1, -0.05) is 23.7 Å². The first-order valence-corrected chi connectivity index (χ1v) is 6.36. The lowest BCUT2D eigenvalue weighted by atomic mass is 10.1. The summed E-state index contributed by atoms with van der Waals surface area (Å²) in [6, 6.07) is 7.45. The van der Waals surface area contributed by atoms with Crippen LogP contribution in [-0.4, -0.2) is 16.6 Å². The first-order chi connectivity index (χ1) is 9.28. The smallest absolute Gasteiger partial charge is 0.161 e. The molecule has 0 bridgehead atoms. The van der Waals surface area contributed by atoms with E-state index in [0.29, 0.717) is 29.9 Å². The molecule has 0 atom stereocenters. The number of hydrogen-bond donors (Lipinski definition) is 2. The zero-order valence-electron chi connectivity index (χ0n) is 10.2. The predicted octanol–water partition coefficient (Wildman–Crippen LogP) is 2.16. The van der Waals surface area contributed by atoms with Crippen LogP contribution in [0.2, 0.25) is 5.02 Å². The molecule has 1 aliphatic rings. The third kappa shape index (κ3) is 2.40. The second-order valence-electron chi connectivity index (χ2n) is 4.28. The maximum atomic E-state index is 6.00. The summed E-state index contributed by atoms with van der Waals surface area (Å²) in [7, 11) is 0. The molecule has 0 saturated heterocycles. The second kappa shape index (κ2) is 5.13. The molecule has 0 amide bonds. The summed E-state index contributed by atoms with van der Waals surface area (Å²) in [5.74, 6) is 6.76. The summed E-state index contributed by atoms with van der Waals surface area (Å²) < 4.78 is 5.41. The SMILES string of the molecule is NNc1nc(-c2cccc(Cl)c2)nc2c1COCC2. The molecule has 2 heterocycles. The summed E-state index contributed by atoms with van der Waals surface area (Å²) in [4.78, 5) is 9.02. The molecule has 3 rings (SSSR count). The number of rotatable bonds is 2. The number of anilines is 1. The quantitative estimate of drug-likeness (QED) is 0.649. The molecule has 19 heavy (non-hydrogen) atoms. The molecule has 0 aliphatic carbocycles. The lowest BCUT2D eigenvalue weighted by Crippen LogP contribution is -2.19. The number of halogens is 1. The van der Waals surface area contributed by atoms with Crippen LogP contribution in [0.3, 0.4) is 0 Å². The zero-order valence-corrected chi connectivity index (χ0v) is 10.9. The Morgan fingerprint density at radius 3 is 3.00 bits per heavy atom. The molecule has 2 aromatic rings. The van der Waals surface area contributed by atoms with Crippen molar-refractivity contribution in [2.75, 3.05) is 12.0 Å². The summed E-state index contributed by atoms with van der Waals surface area (Å²) in [5, 5.41) is 0.657. The summed E-state index contributed by atoms with van der Waals surface area (Å²) in [5.41, 5.74) is 5.40. The van der Waals surface area contributed by atoms with Crippen LogP contribution in [0, 0.1) is 0 Å². The van der Waals surface area contributed by atoms with Crippen molar-refractivity contribution in [3.63, 3.8) is 0 Å². The van der Waals surface area contributed by atoms with E-state index >= 15 is 0 Å². The second-order valence-corrected chi connectivity index (χ2v) is 4.71. The van der Waals surface area contributed by atoms with Gasteiger partial charge < -0.3 is 10.2 Å². The minimum atomic E-state index is 0.491. The van der Waals surface area contributed by atoms with Crippen molar-refractivity contribution >= 4 is 17.4 Å². The third-order valence-electron chi connectivity index (χ3n) is 3.04. The maximum absolute atomic E-state index is 6.00. The molecule has 5 nitrogen and oxygen atoms in total. The van der Waals surface area contributed by atoms with Crippen LogP contribution in [0.1, 0.15) is 11.3 Å². The average Bonchev–Trinajstić information content (AvgIpc) is 2.46. The lowest BCUT2D eigenvalue weighted by Gasteiger charge is -2.19. The summed E-state index contributed by atoms with van der Waals surface area (Å²) in [6.45, 7) is 1.16. The number of hydrogen-bond acceptors (Lipinski definition) is 5. The molecular formula is C13H13ClN4O. The first-order valence-electron chi connectivity index (χ1n) is 5.98. The Kier molecular flexibility index (Phi) is 3.33. The normalized spacial score (nSPS) is 14.0. The molecule has 0 radical (unpaired) electrons. The molecule has 6 heteroatoms. The van der Waals surface area contributed by atoms with Crippen molar-refractivity contribution in [3.8, 4) is 11.4 Å². The molecule has 1 aliphatic heterocycles. The van der Waals surface area contributed by atoms with Crippen LogP contribution in [-0.2, 0) is 17.8 Å². The molecule has 98 valence electrons. The Labute approximate surface area is 115 Å². The molecule has 0 saturated carbocycles. The highest BCUT2D eigenvalue weighted by Crippen LogP contribution is 2.26. The van der Waals surface area contributed by atoms with Crippen LogP contribution in [0.4, 0.5) is 5.82 Å². The topological polar surface area (TPSA) is 73.1 Å². The van der Waals surface area contributed by atoms with Crippen LogP contribution in [0.5, 0.6) is 0 Å². The lowest BCUT2D eigenvalue weighted by molar-refractivity contribution is 0.109. The van der Waals surface area contributed by atoms with E-state index in [1.807, 2.05) is 24.3 Å². The van der Waals surface area contributed by atoms with E-state index in [1.54, 1.807) is 0 Å². The molecular weight excluding hydrogens is 264 g/mol. The van der Waals surface area contributed by atoms with Gasteiger partial charge in [-0.3, -0.25) is 0 Å². The van der Waals surface area contributed by atoms with E-state index in [-0.39, 0.29) is 0 Å². The van der Waals surface area contributed by atoms with Gasteiger partial charge in [0.2, 0.25) is 0 Å². The van der Waals surface area contributed by atoms with Gasteiger partial charge in [0, 0.05) is 22.6 Å². The number of nitrogen functional groups attached to an aromatic ring is 1. The van der Waals surface area contributed by atoms with Crippen LogP contribution < -0.4 is 11.3 Å². The number of hydrazine groups is 1. The van der Waals surface area contributed by atoms with Crippen molar-refractivity contribution in [2.24, 2.45) is 5.84 Å². The van der Waals surface area contributed by atoms with Crippen LogP contribution >= 0.6 is 11.6 Å². The Hall–Kier alpha value is -1.69. The molecule has 1 aromatic heterocycles. The van der Waals surface area contributed by atoms with E-state index < -0.39 is 0 Å². The Morgan fingerprint density at radius 1 is 1.32 bits per heavy atom. The van der Waals surface area contributed by atoms with Gasteiger partial charge in [-0.15, -0.1) is 0 Å². The van der Waals surface area contributed by atoms with E-state index in [9.17, 15) is 0 Å². The molecule has 1 aromatic carbocycles. The predicted molar refractivity (Wildman–Crippen MR) is 73.6 cm³/mol. The monoisotopic (exact) mass is 276 g/mol. The van der Waals surface area contributed by atoms with E-state index in [2.05, 4.69) is 15.4 Å². The number of fused-ring (bicyclic) bond motifs is 1.